The Labute approximate surface area is 148 Å². The summed E-state index contributed by atoms with van der Waals surface area (Å²) in [5, 5.41) is 8.94. The van der Waals surface area contributed by atoms with Gasteiger partial charge >= 0.3 is 5.97 Å². The topological polar surface area (TPSA) is 37.3 Å². The molecule has 3 heteroatoms. The Morgan fingerprint density at radius 2 is 1.57 bits per heavy atom. The molecule has 0 aliphatic heterocycles. The maximum Gasteiger partial charge on any atom is 0.313 e. The number of carboxylic acids is 1. The Kier molecular flexibility index (Phi) is 7.94. The van der Waals surface area contributed by atoms with E-state index in [1.54, 1.807) is 11.8 Å². The van der Waals surface area contributed by atoms with E-state index in [4.69, 9.17) is 5.11 Å². The van der Waals surface area contributed by atoms with E-state index in [9.17, 15) is 4.79 Å². The van der Waals surface area contributed by atoms with Gasteiger partial charge in [0.25, 0.3) is 0 Å². The quantitative estimate of drug-likeness (QED) is 0.492. The first-order chi connectivity index (χ1) is 10.1. The molecule has 0 saturated carbocycles. The van der Waals surface area contributed by atoms with Gasteiger partial charge in [-0.05, 0) is 35.5 Å². The maximum absolute atomic E-state index is 10.9. The predicted octanol–water partition coefficient (Wildman–Crippen LogP) is 6.41. The standard InChI is InChI=1S/C20H38O2S/c1-10-20(9,13-11-12-17(2,3)4)18(5,6)15-19(7,8)23-14-16(21)22/h11,13H,10,12,14-15H2,1-9H3,(H,21,22)/b13-11-. The highest BCUT2D eigenvalue weighted by Crippen LogP contribution is 2.50. The second-order valence-corrected chi connectivity index (χ2v) is 11.1. The first-order valence-corrected chi connectivity index (χ1v) is 9.66. The molecule has 0 bridgehead atoms. The Bertz CT molecular complexity index is 416. The molecule has 0 rings (SSSR count). The molecule has 0 spiro atoms. The van der Waals surface area contributed by atoms with Gasteiger partial charge in [0, 0.05) is 4.75 Å². The number of carbonyl (C=O) groups is 1. The van der Waals surface area contributed by atoms with Crippen LogP contribution < -0.4 is 0 Å². The van der Waals surface area contributed by atoms with E-state index in [0.717, 1.165) is 19.3 Å². The summed E-state index contributed by atoms with van der Waals surface area (Å²) in [5.74, 6) is -0.560. The lowest BCUT2D eigenvalue weighted by Crippen LogP contribution is -2.38. The summed E-state index contributed by atoms with van der Waals surface area (Å²) in [4.78, 5) is 10.9. The van der Waals surface area contributed by atoms with Crippen molar-refractivity contribution in [2.24, 2.45) is 16.2 Å². The molecule has 0 radical (unpaired) electrons. The molecule has 0 aromatic heterocycles. The van der Waals surface area contributed by atoms with Crippen LogP contribution in [0.25, 0.3) is 0 Å². The Hall–Kier alpha value is -0.440. The van der Waals surface area contributed by atoms with Gasteiger partial charge in [0.2, 0.25) is 0 Å². The summed E-state index contributed by atoms with van der Waals surface area (Å²) in [6, 6.07) is 0. The van der Waals surface area contributed by atoms with Gasteiger partial charge in [-0.2, -0.15) is 0 Å². The zero-order chi connectivity index (χ0) is 18.5. The van der Waals surface area contributed by atoms with E-state index < -0.39 is 5.97 Å². The van der Waals surface area contributed by atoms with Crippen molar-refractivity contribution in [1.82, 2.24) is 0 Å². The van der Waals surface area contributed by atoms with Crippen LogP contribution in [0.1, 0.15) is 81.6 Å². The molecule has 0 heterocycles. The molecular weight excluding hydrogens is 304 g/mol. The van der Waals surface area contributed by atoms with Crippen LogP contribution in [0.15, 0.2) is 12.2 Å². The molecule has 0 fully saturated rings. The van der Waals surface area contributed by atoms with Gasteiger partial charge in [0.15, 0.2) is 0 Å². The molecule has 2 nitrogen and oxygen atoms in total. The maximum atomic E-state index is 10.9. The summed E-state index contributed by atoms with van der Waals surface area (Å²) < 4.78 is -0.0454. The lowest BCUT2D eigenvalue weighted by Gasteiger charge is -2.46. The van der Waals surface area contributed by atoms with E-state index in [-0.39, 0.29) is 21.3 Å². The van der Waals surface area contributed by atoms with Crippen molar-refractivity contribution < 1.29 is 9.90 Å². The second-order valence-electron chi connectivity index (χ2n) is 9.44. The summed E-state index contributed by atoms with van der Waals surface area (Å²) in [5.41, 5.74) is 0.524. The monoisotopic (exact) mass is 342 g/mol. The van der Waals surface area contributed by atoms with Crippen molar-refractivity contribution in [3.63, 3.8) is 0 Å². The van der Waals surface area contributed by atoms with Crippen LogP contribution in [-0.4, -0.2) is 21.6 Å². The van der Waals surface area contributed by atoms with Crippen molar-refractivity contribution in [2.75, 3.05) is 5.75 Å². The van der Waals surface area contributed by atoms with E-state index in [1.807, 2.05) is 0 Å². The van der Waals surface area contributed by atoms with Crippen molar-refractivity contribution in [2.45, 2.75) is 86.3 Å². The molecule has 0 aromatic carbocycles. The Morgan fingerprint density at radius 1 is 1.04 bits per heavy atom. The van der Waals surface area contributed by atoms with Crippen LogP contribution in [0, 0.1) is 16.2 Å². The largest absolute Gasteiger partial charge is 0.481 e. The van der Waals surface area contributed by atoms with Gasteiger partial charge in [-0.15, -0.1) is 11.8 Å². The molecule has 1 N–H and O–H groups in total. The molecule has 0 aliphatic rings. The number of carboxylic acid groups (broad SMARTS) is 1. The highest BCUT2D eigenvalue weighted by Gasteiger charge is 2.41. The normalized spacial score (nSPS) is 16.6. The molecule has 0 amide bonds. The van der Waals surface area contributed by atoms with Gasteiger partial charge in [0.05, 0.1) is 5.75 Å². The highest BCUT2D eigenvalue weighted by atomic mass is 32.2. The van der Waals surface area contributed by atoms with Gasteiger partial charge in [-0.3, -0.25) is 4.79 Å². The van der Waals surface area contributed by atoms with Gasteiger partial charge in [-0.1, -0.05) is 74.5 Å². The van der Waals surface area contributed by atoms with E-state index >= 15 is 0 Å². The average molecular weight is 343 g/mol. The molecule has 136 valence electrons. The van der Waals surface area contributed by atoms with E-state index in [0.29, 0.717) is 5.41 Å². The number of hydrogen-bond donors (Lipinski definition) is 1. The molecule has 0 aliphatic carbocycles. The minimum atomic E-state index is -0.732. The van der Waals surface area contributed by atoms with Crippen LogP contribution in [0.5, 0.6) is 0 Å². The summed E-state index contributed by atoms with van der Waals surface area (Å²) in [7, 11) is 0. The first-order valence-electron chi connectivity index (χ1n) is 8.68. The second kappa shape index (κ2) is 8.09. The first kappa shape index (κ1) is 22.6. The van der Waals surface area contributed by atoms with Crippen molar-refractivity contribution in [3.8, 4) is 0 Å². The number of hydrogen-bond acceptors (Lipinski definition) is 2. The van der Waals surface area contributed by atoms with E-state index in [1.165, 1.54) is 0 Å². The zero-order valence-electron chi connectivity index (χ0n) is 16.7. The van der Waals surface area contributed by atoms with Crippen LogP contribution in [0.3, 0.4) is 0 Å². The third-order valence-electron chi connectivity index (χ3n) is 4.95. The molecule has 0 saturated heterocycles. The highest BCUT2D eigenvalue weighted by molar-refractivity contribution is 8.01. The van der Waals surface area contributed by atoms with Crippen LogP contribution in [0.4, 0.5) is 0 Å². The molecule has 23 heavy (non-hydrogen) atoms. The fourth-order valence-corrected chi connectivity index (χ4v) is 4.05. The minimum absolute atomic E-state index is 0.0454. The fourth-order valence-electron chi connectivity index (χ4n) is 3.07. The molecule has 1 atom stereocenters. The van der Waals surface area contributed by atoms with E-state index in [2.05, 4.69) is 74.5 Å². The van der Waals surface area contributed by atoms with Crippen LogP contribution >= 0.6 is 11.8 Å². The van der Waals surface area contributed by atoms with Gasteiger partial charge < -0.3 is 5.11 Å². The van der Waals surface area contributed by atoms with Gasteiger partial charge in [-0.25, -0.2) is 0 Å². The van der Waals surface area contributed by atoms with Crippen LogP contribution in [0.2, 0.25) is 0 Å². The number of allylic oxidation sites excluding steroid dienone is 2. The van der Waals surface area contributed by atoms with Crippen LogP contribution in [-0.2, 0) is 4.79 Å². The third-order valence-corrected chi connectivity index (χ3v) is 6.27. The average Bonchev–Trinajstić information content (AvgIpc) is 2.33. The number of thioether (sulfide) groups is 1. The summed E-state index contributed by atoms with van der Waals surface area (Å²) in [6.45, 7) is 20.3. The lowest BCUT2D eigenvalue weighted by atomic mass is 9.61. The molecular formula is C20H38O2S. The van der Waals surface area contributed by atoms with Gasteiger partial charge in [0.1, 0.15) is 0 Å². The fraction of sp³-hybridized carbons (Fsp3) is 0.850. The van der Waals surface area contributed by atoms with Crippen molar-refractivity contribution >= 4 is 17.7 Å². The molecule has 1 unspecified atom stereocenters. The third kappa shape index (κ3) is 8.28. The number of aliphatic carboxylic acids is 1. The lowest BCUT2D eigenvalue weighted by molar-refractivity contribution is -0.133. The zero-order valence-corrected chi connectivity index (χ0v) is 17.6. The summed E-state index contributed by atoms with van der Waals surface area (Å²) >= 11 is 1.54. The minimum Gasteiger partial charge on any atom is -0.481 e. The SMILES string of the molecule is CCC(C)(/C=C\CC(C)(C)C)C(C)(C)CC(C)(C)SCC(=O)O. The summed E-state index contributed by atoms with van der Waals surface area (Å²) in [6.07, 6.45) is 7.89. The molecule has 0 aromatic rings. The predicted molar refractivity (Wildman–Crippen MR) is 104 cm³/mol. The Balaban J connectivity index is 5.13. The van der Waals surface area contributed by atoms with Crippen molar-refractivity contribution in [1.29, 1.82) is 0 Å². The Morgan fingerprint density at radius 3 is 1.96 bits per heavy atom. The number of rotatable bonds is 9. The smallest absolute Gasteiger partial charge is 0.313 e. The van der Waals surface area contributed by atoms with Crippen molar-refractivity contribution in [3.05, 3.63) is 12.2 Å².